The van der Waals surface area contributed by atoms with Gasteiger partial charge in [0, 0.05) is 18.5 Å². The van der Waals surface area contributed by atoms with Crippen molar-refractivity contribution in [2.45, 2.75) is 59.6 Å². The zero-order valence-corrected chi connectivity index (χ0v) is 14.5. The molecule has 0 aliphatic carbocycles. The van der Waals surface area contributed by atoms with E-state index in [4.69, 9.17) is 10.5 Å². The van der Waals surface area contributed by atoms with Gasteiger partial charge in [0.05, 0.1) is 12.2 Å². The summed E-state index contributed by atoms with van der Waals surface area (Å²) in [6.07, 6.45) is 0.598. The Bertz CT molecular complexity index is 614. The van der Waals surface area contributed by atoms with Crippen LogP contribution in [0.4, 0.5) is 10.6 Å². The number of hydrogen-bond donors (Lipinski definition) is 1. The maximum absolute atomic E-state index is 12.2. The highest BCUT2D eigenvalue weighted by atomic mass is 16.6. The Hall–Kier alpha value is -2.05. The molecule has 7 nitrogen and oxygen atoms in total. The standard InChI is InChI=1S/C16H26N4O3/c1-10(2)8-13(21)20-14(17)11-6-7-19(9-12(11)18-20)15(22)23-16(3,4)5/h10H,6-9,17H2,1-5H3. The molecule has 0 saturated heterocycles. The maximum atomic E-state index is 12.2. The van der Waals surface area contributed by atoms with E-state index in [1.165, 1.54) is 4.68 Å². The van der Waals surface area contributed by atoms with E-state index >= 15 is 0 Å². The molecule has 128 valence electrons. The van der Waals surface area contributed by atoms with Crippen molar-refractivity contribution in [2.75, 3.05) is 12.3 Å². The normalized spacial score (nSPS) is 14.8. The second-order valence-corrected chi connectivity index (χ2v) is 7.37. The molecule has 0 aromatic carbocycles. The third-order valence-corrected chi connectivity index (χ3v) is 3.55. The number of nitrogen functional groups attached to an aromatic ring is 1. The van der Waals surface area contributed by atoms with Crippen LogP contribution < -0.4 is 5.73 Å². The van der Waals surface area contributed by atoms with Crippen LogP contribution in [0.2, 0.25) is 0 Å². The van der Waals surface area contributed by atoms with Crippen LogP contribution in [-0.2, 0) is 17.7 Å². The van der Waals surface area contributed by atoms with Gasteiger partial charge >= 0.3 is 6.09 Å². The first-order valence-corrected chi connectivity index (χ1v) is 7.96. The molecule has 7 heteroatoms. The Morgan fingerprint density at radius 3 is 2.57 bits per heavy atom. The van der Waals surface area contributed by atoms with Gasteiger partial charge in [-0.25, -0.2) is 4.79 Å². The molecule has 0 bridgehead atoms. The van der Waals surface area contributed by atoms with Gasteiger partial charge < -0.3 is 15.4 Å². The molecule has 1 amide bonds. The summed E-state index contributed by atoms with van der Waals surface area (Å²) in [4.78, 5) is 26.0. The number of aromatic nitrogens is 2. The Morgan fingerprint density at radius 2 is 2.00 bits per heavy atom. The zero-order valence-electron chi connectivity index (χ0n) is 14.5. The Kier molecular flexibility index (Phi) is 4.68. The van der Waals surface area contributed by atoms with E-state index in [1.54, 1.807) is 4.90 Å². The fourth-order valence-electron chi connectivity index (χ4n) is 2.52. The van der Waals surface area contributed by atoms with Crippen LogP contribution in [0.3, 0.4) is 0 Å². The quantitative estimate of drug-likeness (QED) is 0.903. The number of rotatable bonds is 2. The summed E-state index contributed by atoms with van der Waals surface area (Å²) in [5.41, 5.74) is 7.07. The molecule has 1 aliphatic rings. The molecule has 0 spiro atoms. The molecule has 1 aromatic rings. The molecule has 0 saturated carbocycles. The number of amides is 1. The number of ether oxygens (including phenoxy) is 1. The largest absolute Gasteiger partial charge is 0.444 e. The number of carbonyl (C=O) groups excluding carboxylic acids is 2. The predicted octanol–water partition coefficient (Wildman–Crippen LogP) is 2.44. The van der Waals surface area contributed by atoms with Crippen molar-refractivity contribution < 1.29 is 14.3 Å². The van der Waals surface area contributed by atoms with E-state index in [1.807, 2.05) is 34.6 Å². The lowest BCUT2D eigenvalue weighted by molar-refractivity contribution is 0.0221. The van der Waals surface area contributed by atoms with Crippen LogP contribution >= 0.6 is 0 Å². The molecule has 0 radical (unpaired) electrons. The first-order valence-electron chi connectivity index (χ1n) is 7.96. The fraction of sp³-hybridized carbons (Fsp3) is 0.688. The summed E-state index contributed by atoms with van der Waals surface area (Å²) in [5, 5.41) is 4.33. The molecule has 2 rings (SSSR count). The Morgan fingerprint density at radius 1 is 1.35 bits per heavy atom. The predicted molar refractivity (Wildman–Crippen MR) is 87.1 cm³/mol. The third kappa shape index (κ3) is 4.03. The van der Waals surface area contributed by atoms with E-state index < -0.39 is 5.60 Å². The maximum Gasteiger partial charge on any atom is 0.410 e. The van der Waals surface area contributed by atoms with Crippen molar-refractivity contribution >= 4 is 17.8 Å². The minimum Gasteiger partial charge on any atom is -0.444 e. The summed E-state index contributed by atoms with van der Waals surface area (Å²) < 4.78 is 6.66. The SMILES string of the molecule is CC(C)CC(=O)n1nc2c(c1N)CCN(C(=O)OC(C)(C)C)C2. The average molecular weight is 322 g/mol. The molecule has 1 aromatic heterocycles. The number of hydrogen-bond acceptors (Lipinski definition) is 5. The lowest BCUT2D eigenvalue weighted by Gasteiger charge is -2.29. The van der Waals surface area contributed by atoms with Crippen LogP contribution in [-0.4, -0.2) is 38.8 Å². The van der Waals surface area contributed by atoms with E-state index in [0.717, 1.165) is 5.56 Å². The highest BCUT2D eigenvalue weighted by Crippen LogP contribution is 2.25. The van der Waals surface area contributed by atoms with Gasteiger partial charge in [-0.15, -0.1) is 0 Å². The second kappa shape index (κ2) is 6.22. The van der Waals surface area contributed by atoms with Crippen LogP contribution in [0, 0.1) is 5.92 Å². The summed E-state index contributed by atoms with van der Waals surface area (Å²) in [5.74, 6) is 0.520. The van der Waals surface area contributed by atoms with Crippen LogP contribution in [0.1, 0.15) is 57.1 Å². The fourth-order valence-corrected chi connectivity index (χ4v) is 2.52. The van der Waals surface area contributed by atoms with E-state index in [9.17, 15) is 9.59 Å². The van der Waals surface area contributed by atoms with Crippen molar-refractivity contribution in [1.29, 1.82) is 0 Å². The monoisotopic (exact) mass is 322 g/mol. The highest BCUT2D eigenvalue weighted by Gasteiger charge is 2.30. The lowest BCUT2D eigenvalue weighted by Crippen LogP contribution is -2.39. The molecule has 0 atom stereocenters. The van der Waals surface area contributed by atoms with Gasteiger partial charge in [-0.05, 0) is 33.1 Å². The first-order chi connectivity index (χ1) is 10.6. The zero-order chi connectivity index (χ0) is 17.4. The number of anilines is 1. The van der Waals surface area contributed by atoms with Gasteiger partial charge in [0.15, 0.2) is 0 Å². The molecular weight excluding hydrogens is 296 g/mol. The number of nitrogens with zero attached hydrogens (tertiary/aromatic N) is 3. The lowest BCUT2D eigenvalue weighted by atomic mass is 10.1. The van der Waals surface area contributed by atoms with Crippen molar-refractivity contribution in [2.24, 2.45) is 5.92 Å². The Labute approximate surface area is 136 Å². The smallest absolute Gasteiger partial charge is 0.410 e. The van der Waals surface area contributed by atoms with Gasteiger partial charge in [0.2, 0.25) is 5.91 Å². The Balaban J connectivity index is 2.16. The molecular formula is C16H26N4O3. The van der Waals surface area contributed by atoms with Gasteiger partial charge in [-0.3, -0.25) is 4.79 Å². The van der Waals surface area contributed by atoms with Gasteiger partial charge in [-0.1, -0.05) is 13.8 Å². The molecule has 23 heavy (non-hydrogen) atoms. The average Bonchev–Trinajstić information content (AvgIpc) is 2.73. The first kappa shape index (κ1) is 17.3. The van der Waals surface area contributed by atoms with Crippen molar-refractivity contribution in [1.82, 2.24) is 14.7 Å². The van der Waals surface area contributed by atoms with Crippen LogP contribution in [0.25, 0.3) is 0 Å². The number of carbonyl (C=O) groups is 2. The van der Waals surface area contributed by atoms with Crippen molar-refractivity contribution in [3.63, 3.8) is 0 Å². The number of fused-ring (bicyclic) bond motifs is 1. The summed E-state index contributed by atoms with van der Waals surface area (Å²) in [7, 11) is 0. The van der Waals surface area contributed by atoms with E-state index in [2.05, 4.69) is 5.10 Å². The van der Waals surface area contributed by atoms with E-state index in [0.29, 0.717) is 37.4 Å². The highest BCUT2D eigenvalue weighted by molar-refractivity contribution is 5.82. The number of nitrogens with two attached hydrogens (primary N) is 1. The summed E-state index contributed by atoms with van der Waals surface area (Å²) in [6.45, 7) is 10.3. The van der Waals surface area contributed by atoms with Gasteiger partial charge in [-0.2, -0.15) is 9.78 Å². The van der Waals surface area contributed by atoms with E-state index in [-0.39, 0.29) is 17.9 Å². The molecule has 0 fully saturated rings. The summed E-state index contributed by atoms with van der Waals surface area (Å²) in [6, 6.07) is 0. The van der Waals surface area contributed by atoms with Gasteiger partial charge in [0.1, 0.15) is 11.4 Å². The molecule has 1 aliphatic heterocycles. The minimum absolute atomic E-state index is 0.115. The second-order valence-electron chi connectivity index (χ2n) is 7.37. The molecule has 0 unspecified atom stereocenters. The molecule has 2 N–H and O–H groups in total. The molecule has 2 heterocycles. The third-order valence-electron chi connectivity index (χ3n) is 3.55. The van der Waals surface area contributed by atoms with Crippen LogP contribution in [0.5, 0.6) is 0 Å². The minimum atomic E-state index is -0.539. The van der Waals surface area contributed by atoms with Crippen molar-refractivity contribution in [3.05, 3.63) is 11.3 Å². The van der Waals surface area contributed by atoms with Gasteiger partial charge in [0.25, 0.3) is 0 Å². The topological polar surface area (TPSA) is 90.5 Å². The van der Waals surface area contributed by atoms with Crippen LogP contribution in [0.15, 0.2) is 0 Å². The summed E-state index contributed by atoms with van der Waals surface area (Å²) >= 11 is 0. The van der Waals surface area contributed by atoms with Crippen molar-refractivity contribution in [3.8, 4) is 0 Å².